The van der Waals surface area contributed by atoms with Gasteiger partial charge in [0.05, 0.1) is 17.9 Å². The van der Waals surface area contributed by atoms with E-state index in [1.165, 1.54) is 0 Å². The van der Waals surface area contributed by atoms with Crippen molar-refractivity contribution in [3.8, 4) is 0 Å². The summed E-state index contributed by atoms with van der Waals surface area (Å²) in [7, 11) is 1.65. The van der Waals surface area contributed by atoms with Gasteiger partial charge in [0.25, 0.3) is 0 Å². The number of aromatic carboxylic acids is 1. The van der Waals surface area contributed by atoms with Crippen LogP contribution in [0.1, 0.15) is 35.7 Å². The summed E-state index contributed by atoms with van der Waals surface area (Å²) < 4.78 is 5.16. The number of carboxylic acid groups (broad SMARTS) is 1. The Morgan fingerprint density at radius 3 is 2.78 bits per heavy atom. The van der Waals surface area contributed by atoms with E-state index in [-0.39, 0.29) is 6.04 Å². The molecule has 4 heteroatoms. The second kappa shape index (κ2) is 7.01. The van der Waals surface area contributed by atoms with Crippen molar-refractivity contribution in [2.75, 3.05) is 19.0 Å². The van der Waals surface area contributed by atoms with Crippen molar-refractivity contribution in [2.45, 2.75) is 32.7 Å². The number of anilines is 1. The number of ether oxygens (including phenoxy) is 1. The van der Waals surface area contributed by atoms with Crippen LogP contribution in [0.15, 0.2) is 18.2 Å². The van der Waals surface area contributed by atoms with Gasteiger partial charge in [0.1, 0.15) is 0 Å². The van der Waals surface area contributed by atoms with E-state index >= 15 is 0 Å². The van der Waals surface area contributed by atoms with Crippen LogP contribution in [0.25, 0.3) is 0 Å². The fraction of sp³-hybridized carbons (Fsp3) is 0.500. The van der Waals surface area contributed by atoms with Gasteiger partial charge in [-0.1, -0.05) is 25.5 Å². The monoisotopic (exact) mass is 251 g/mol. The minimum atomic E-state index is -0.908. The molecule has 0 heterocycles. The third kappa shape index (κ3) is 3.74. The first-order valence-corrected chi connectivity index (χ1v) is 6.18. The van der Waals surface area contributed by atoms with Crippen LogP contribution in [0, 0.1) is 6.92 Å². The molecule has 0 spiro atoms. The summed E-state index contributed by atoms with van der Waals surface area (Å²) in [6, 6.07) is 5.42. The minimum Gasteiger partial charge on any atom is -0.478 e. The molecule has 1 aromatic carbocycles. The molecule has 0 aliphatic rings. The lowest BCUT2D eigenvalue weighted by Crippen LogP contribution is -2.26. The standard InChI is InChI=1S/C14H21NO3/c1-4-6-11(9-18-3)15-13-10(2)7-5-8-12(13)14(16)17/h5,7-8,11,15H,4,6,9H2,1-3H3,(H,16,17). The molecule has 0 aromatic heterocycles. The molecule has 0 saturated heterocycles. The van der Waals surface area contributed by atoms with Crippen LogP contribution in [-0.4, -0.2) is 30.8 Å². The summed E-state index contributed by atoms with van der Waals surface area (Å²) in [4.78, 5) is 11.2. The topological polar surface area (TPSA) is 58.6 Å². The van der Waals surface area contributed by atoms with Crippen molar-refractivity contribution >= 4 is 11.7 Å². The molecule has 2 N–H and O–H groups in total. The number of benzene rings is 1. The SMILES string of the molecule is CCCC(COC)Nc1c(C)cccc1C(=O)O. The summed E-state index contributed by atoms with van der Waals surface area (Å²) in [5, 5.41) is 12.5. The van der Waals surface area contributed by atoms with Crippen molar-refractivity contribution in [3.05, 3.63) is 29.3 Å². The molecule has 0 bridgehead atoms. The zero-order chi connectivity index (χ0) is 13.5. The number of hydrogen-bond acceptors (Lipinski definition) is 3. The van der Waals surface area contributed by atoms with Crippen LogP contribution in [0.2, 0.25) is 0 Å². The highest BCUT2D eigenvalue weighted by molar-refractivity contribution is 5.95. The van der Waals surface area contributed by atoms with Gasteiger partial charge >= 0.3 is 5.97 Å². The summed E-state index contributed by atoms with van der Waals surface area (Å²) >= 11 is 0. The summed E-state index contributed by atoms with van der Waals surface area (Å²) in [5.41, 5.74) is 1.94. The predicted octanol–water partition coefficient (Wildman–Crippen LogP) is 2.92. The first kappa shape index (κ1) is 14.5. The maximum absolute atomic E-state index is 11.2. The third-order valence-electron chi connectivity index (χ3n) is 2.86. The van der Waals surface area contributed by atoms with Crippen LogP contribution >= 0.6 is 0 Å². The fourth-order valence-corrected chi connectivity index (χ4v) is 1.99. The van der Waals surface area contributed by atoms with Gasteiger partial charge in [-0.2, -0.15) is 0 Å². The van der Waals surface area contributed by atoms with Crippen LogP contribution in [0.5, 0.6) is 0 Å². The quantitative estimate of drug-likeness (QED) is 0.782. The molecule has 0 saturated carbocycles. The highest BCUT2D eigenvalue weighted by Crippen LogP contribution is 2.22. The lowest BCUT2D eigenvalue weighted by atomic mass is 10.1. The average Bonchev–Trinajstić information content (AvgIpc) is 2.32. The van der Waals surface area contributed by atoms with E-state index in [0.29, 0.717) is 17.9 Å². The van der Waals surface area contributed by atoms with Crippen molar-refractivity contribution in [3.63, 3.8) is 0 Å². The predicted molar refractivity (Wildman–Crippen MR) is 72.3 cm³/mol. The number of carboxylic acids is 1. The number of aryl methyl sites for hydroxylation is 1. The lowest BCUT2D eigenvalue weighted by Gasteiger charge is -2.21. The molecule has 18 heavy (non-hydrogen) atoms. The Morgan fingerprint density at radius 1 is 1.50 bits per heavy atom. The van der Waals surface area contributed by atoms with Crippen LogP contribution < -0.4 is 5.32 Å². The molecular formula is C14H21NO3. The molecular weight excluding hydrogens is 230 g/mol. The van der Waals surface area contributed by atoms with E-state index in [1.54, 1.807) is 19.2 Å². The molecule has 0 aliphatic carbocycles. The Morgan fingerprint density at radius 2 is 2.22 bits per heavy atom. The Bertz CT molecular complexity index is 398. The smallest absolute Gasteiger partial charge is 0.337 e. The molecule has 0 aliphatic heterocycles. The molecule has 1 unspecified atom stereocenters. The second-order valence-corrected chi connectivity index (χ2v) is 4.39. The largest absolute Gasteiger partial charge is 0.478 e. The Balaban J connectivity index is 2.96. The average molecular weight is 251 g/mol. The Hall–Kier alpha value is -1.55. The summed E-state index contributed by atoms with van der Waals surface area (Å²) in [6.07, 6.45) is 1.97. The Labute approximate surface area is 108 Å². The van der Waals surface area contributed by atoms with E-state index in [2.05, 4.69) is 12.2 Å². The van der Waals surface area contributed by atoms with Gasteiger partial charge in [0.2, 0.25) is 0 Å². The van der Waals surface area contributed by atoms with E-state index < -0.39 is 5.97 Å². The molecule has 1 aromatic rings. The fourth-order valence-electron chi connectivity index (χ4n) is 1.99. The maximum atomic E-state index is 11.2. The van der Waals surface area contributed by atoms with Crippen molar-refractivity contribution in [1.82, 2.24) is 0 Å². The van der Waals surface area contributed by atoms with Gasteiger partial charge < -0.3 is 15.2 Å². The van der Waals surface area contributed by atoms with Gasteiger partial charge in [-0.25, -0.2) is 4.79 Å². The highest BCUT2D eigenvalue weighted by Gasteiger charge is 2.15. The number of rotatable bonds is 7. The first-order valence-electron chi connectivity index (χ1n) is 6.18. The molecule has 0 fully saturated rings. The first-order chi connectivity index (χ1) is 8.60. The normalized spacial score (nSPS) is 12.2. The summed E-state index contributed by atoms with van der Waals surface area (Å²) in [5.74, 6) is -0.908. The molecule has 0 radical (unpaired) electrons. The van der Waals surface area contributed by atoms with Crippen molar-refractivity contribution in [1.29, 1.82) is 0 Å². The Kier molecular flexibility index (Phi) is 5.65. The number of nitrogens with one attached hydrogen (secondary N) is 1. The van der Waals surface area contributed by atoms with Gasteiger partial charge in [0.15, 0.2) is 0 Å². The van der Waals surface area contributed by atoms with Crippen LogP contribution in [-0.2, 0) is 4.74 Å². The number of para-hydroxylation sites is 1. The zero-order valence-corrected chi connectivity index (χ0v) is 11.2. The number of methoxy groups -OCH3 is 1. The van der Waals surface area contributed by atoms with Gasteiger partial charge in [0, 0.05) is 13.2 Å². The highest BCUT2D eigenvalue weighted by atomic mass is 16.5. The van der Waals surface area contributed by atoms with Crippen LogP contribution in [0.3, 0.4) is 0 Å². The maximum Gasteiger partial charge on any atom is 0.337 e. The van der Waals surface area contributed by atoms with Gasteiger partial charge in [-0.15, -0.1) is 0 Å². The summed E-state index contributed by atoms with van der Waals surface area (Å²) in [6.45, 7) is 4.58. The third-order valence-corrected chi connectivity index (χ3v) is 2.86. The molecule has 0 amide bonds. The van der Waals surface area contributed by atoms with Crippen molar-refractivity contribution in [2.24, 2.45) is 0 Å². The second-order valence-electron chi connectivity index (χ2n) is 4.39. The van der Waals surface area contributed by atoms with Gasteiger partial charge in [-0.05, 0) is 25.0 Å². The van der Waals surface area contributed by atoms with E-state index in [1.807, 2.05) is 13.0 Å². The molecule has 100 valence electrons. The number of hydrogen-bond donors (Lipinski definition) is 2. The van der Waals surface area contributed by atoms with Crippen molar-refractivity contribution < 1.29 is 14.6 Å². The lowest BCUT2D eigenvalue weighted by molar-refractivity contribution is 0.0697. The van der Waals surface area contributed by atoms with E-state index in [9.17, 15) is 9.90 Å². The molecule has 1 atom stereocenters. The van der Waals surface area contributed by atoms with E-state index in [4.69, 9.17) is 4.74 Å². The van der Waals surface area contributed by atoms with Crippen LogP contribution in [0.4, 0.5) is 5.69 Å². The molecule has 4 nitrogen and oxygen atoms in total. The molecule has 1 rings (SSSR count). The zero-order valence-electron chi connectivity index (χ0n) is 11.2. The van der Waals surface area contributed by atoms with Gasteiger partial charge in [-0.3, -0.25) is 0 Å². The van der Waals surface area contributed by atoms with E-state index in [0.717, 1.165) is 18.4 Å². The number of carbonyl (C=O) groups is 1. The minimum absolute atomic E-state index is 0.138.